The molecule has 3 nitrogen and oxygen atoms in total. The molecule has 126 valence electrons. The second-order valence-electron chi connectivity index (χ2n) is 5.39. The Bertz CT molecular complexity index is 759. The fraction of sp³-hybridized carbons (Fsp3) is 0.278. The lowest BCUT2D eigenvalue weighted by Gasteiger charge is -2.13. The molecule has 1 aliphatic rings. The maximum Gasteiger partial charge on any atom is 0.221 e. The Kier molecular flexibility index (Phi) is 5.27. The number of benzene rings is 2. The zero-order chi connectivity index (χ0) is 17.1. The van der Waals surface area contributed by atoms with Gasteiger partial charge in [0.25, 0.3) is 0 Å². The monoisotopic (exact) mass is 367 g/mol. The van der Waals surface area contributed by atoms with Gasteiger partial charge in [0, 0.05) is 10.6 Å². The standard InChI is InChI=1S/C18H16Cl2FNO2/c1-2-8-23-16-9-11(19)6-7-12(16)15-10-24-18(22-15)17-13(20)4-3-5-14(17)21/h3-7,9,15H,2,8,10H2,1H3. The number of nitrogens with zero attached hydrogens (tertiary/aromatic N) is 1. The van der Waals surface area contributed by atoms with E-state index in [1.807, 2.05) is 13.0 Å². The average Bonchev–Trinajstić information content (AvgIpc) is 3.02. The fourth-order valence-corrected chi connectivity index (χ4v) is 2.90. The zero-order valence-corrected chi connectivity index (χ0v) is 14.6. The summed E-state index contributed by atoms with van der Waals surface area (Å²) in [7, 11) is 0. The summed E-state index contributed by atoms with van der Waals surface area (Å²) in [5, 5.41) is 0.859. The minimum atomic E-state index is -0.458. The first-order valence-corrected chi connectivity index (χ1v) is 8.43. The van der Waals surface area contributed by atoms with Crippen LogP contribution in [0.1, 0.15) is 30.5 Å². The minimum absolute atomic E-state index is 0.187. The lowest BCUT2D eigenvalue weighted by molar-refractivity contribution is 0.297. The van der Waals surface area contributed by atoms with Gasteiger partial charge in [0.15, 0.2) is 0 Å². The van der Waals surface area contributed by atoms with Gasteiger partial charge in [-0.2, -0.15) is 0 Å². The molecule has 0 N–H and O–H groups in total. The van der Waals surface area contributed by atoms with E-state index >= 15 is 0 Å². The Balaban J connectivity index is 1.94. The third kappa shape index (κ3) is 3.50. The summed E-state index contributed by atoms with van der Waals surface area (Å²) < 4.78 is 25.4. The fourth-order valence-electron chi connectivity index (χ4n) is 2.49. The topological polar surface area (TPSA) is 30.8 Å². The molecular formula is C18H16Cl2FNO2. The van der Waals surface area contributed by atoms with E-state index in [2.05, 4.69) is 4.99 Å². The molecule has 0 saturated carbocycles. The summed E-state index contributed by atoms with van der Waals surface area (Å²) in [4.78, 5) is 4.50. The number of rotatable bonds is 5. The number of halogens is 3. The van der Waals surface area contributed by atoms with Crippen molar-refractivity contribution in [2.75, 3.05) is 13.2 Å². The van der Waals surface area contributed by atoms with Crippen molar-refractivity contribution in [1.29, 1.82) is 0 Å². The van der Waals surface area contributed by atoms with Gasteiger partial charge in [0.1, 0.15) is 24.2 Å². The maximum atomic E-state index is 14.0. The van der Waals surface area contributed by atoms with Gasteiger partial charge >= 0.3 is 0 Å². The number of aliphatic imine (C=N–C) groups is 1. The van der Waals surface area contributed by atoms with Crippen LogP contribution in [0.3, 0.4) is 0 Å². The van der Waals surface area contributed by atoms with Crippen LogP contribution >= 0.6 is 23.2 Å². The first-order chi connectivity index (χ1) is 11.6. The number of ether oxygens (including phenoxy) is 2. The smallest absolute Gasteiger partial charge is 0.221 e. The van der Waals surface area contributed by atoms with Crippen molar-refractivity contribution < 1.29 is 13.9 Å². The van der Waals surface area contributed by atoms with E-state index in [4.69, 9.17) is 32.7 Å². The van der Waals surface area contributed by atoms with Gasteiger partial charge in [-0.1, -0.05) is 42.3 Å². The Labute approximate surface area is 150 Å². The van der Waals surface area contributed by atoms with Crippen LogP contribution in [-0.4, -0.2) is 19.1 Å². The number of hydrogen-bond donors (Lipinski definition) is 0. The highest BCUT2D eigenvalue weighted by Gasteiger charge is 2.27. The highest BCUT2D eigenvalue weighted by molar-refractivity contribution is 6.34. The van der Waals surface area contributed by atoms with Crippen LogP contribution in [0.5, 0.6) is 5.75 Å². The molecule has 24 heavy (non-hydrogen) atoms. The van der Waals surface area contributed by atoms with E-state index < -0.39 is 5.82 Å². The first kappa shape index (κ1) is 17.1. The molecule has 0 fully saturated rings. The molecule has 0 bridgehead atoms. The van der Waals surface area contributed by atoms with E-state index in [1.54, 1.807) is 24.3 Å². The van der Waals surface area contributed by atoms with Crippen molar-refractivity contribution in [2.45, 2.75) is 19.4 Å². The van der Waals surface area contributed by atoms with E-state index in [-0.39, 0.29) is 22.5 Å². The summed E-state index contributed by atoms with van der Waals surface area (Å²) in [6.45, 7) is 2.90. The van der Waals surface area contributed by atoms with E-state index in [0.29, 0.717) is 24.0 Å². The van der Waals surface area contributed by atoms with E-state index in [1.165, 1.54) is 6.07 Å². The molecule has 2 aromatic carbocycles. The van der Waals surface area contributed by atoms with Crippen molar-refractivity contribution in [3.05, 3.63) is 63.4 Å². The molecule has 0 amide bonds. The predicted octanol–water partition coefficient (Wildman–Crippen LogP) is 5.44. The lowest BCUT2D eigenvalue weighted by atomic mass is 10.1. The van der Waals surface area contributed by atoms with Gasteiger partial charge in [-0.3, -0.25) is 0 Å². The summed E-state index contributed by atoms with van der Waals surface area (Å²) >= 11 is 12.1. The SMILES string of the molecule is CCCOc1cc(Cl)ccc1C1COC(c2c(F)cccc2Cl)=N1. The molecule has 1 atom stereocenters. The highest BCUT2D eigenvalue weighted by Crippen LogP contribution is 2.35. The molecule has 0 aromatic heterocycles. The minimum Gasteiger partial charge on any atom is -0.493 e. The molecule has 3 rings (SSSR count). The number of hydrogen-bond acceptors (Lipinski definition) is 3. The van der Waals surface area contributed by atoms with Gasteiger partial charge in [0.05, 0.1) is 17.2 Å². The zero-order valence-electron chi connectivity index (χ0n) is 13.1. The largest absolute Gasteiger partial charge is 0.493 e. The molecular weight excluding hydrogens is 352 g/mol. The molecule has 0 aliphatic carbocycles. The molecule has 1 aliphatic heterocycles. The van der Waals surface area contributed by atoms with Gasteiger partial charge in [0.2, 0.25) is 5.90 Å². The van der Waals surface area contributed by atoms with Gasteiger partial charge in [-0.25, -0.2) is 9.38 Å². The third-order valence-electron chi connectivity index (χ3n) is 3.62. The molecule has 0 saturated heterocycles. The normalized spacial score (nSPS) is 16.7. The summed E-state index contributed by atoms with van der Waals surface area (Å²) in [5.41, 5.74) is 1.04. The van der Waals surface area contributed by atoms with Crippen molar-refractivity contribution in [2.24, 2.45) is 4.99 Å². The summed E-state index contributed by atoms with van der Waals surface area (Å²) in [6, 6.07) is 9.59. The van der Waals surface area contributed by atoms with Crippen LogP contribution in [0, 0.1) is 5.82 Å². The Morgan fingerprint density at radius 1 is 1.29 bits per heavy atom. The Hall–Kier alpha value is -1.78. The second kappa shape index (κ2) is 7.41. The third-order valence-corrected chi connectivity index (χ3v) is 4.17. The van der Waals surface area contributed by atoms with Crippen molar-refractivity contribution >= 4 is 29.1 Å². The van der Waals surface area contributed by atoms with Gasteiger partial charge in [-0.15, -0.1) is 0 Å². The Morgan fingerprint density at radius 2 is 2.12 bits per heavy atom. The van der Waals surface area contributed by atoms with Crippen molar-refractivity contribution in [1.82, 2.24) is 0 Å². The van der Waals surface area contributed by atoms with Crippen molar-refractivity contribution in [3.8, 4) is 5.75 Å². The molecule has 1 heterocycles. The molecule has 0 radical (unpaired) electrons. The van der Waals surface area contributed by atoms with E-state index in [9.17, 15) is 4.39 Å². The van der Waals surface area contributed by atoms with Crippen LogP contribution in [0.25, 0.3) is 0 Å². The Morgan fingerprint density at radius 3 is 2.88 bits per heavy atom. The van der Waals surface area contributed by atoms with Gasteiger partial charge < -0.3 is 9.47 Å². The summed E-state index contributed by atoms with van der Waals surface area (Å²) in [5.74, 6) is 0.419. The van der Waals surface area contributed by atoms with E-state index in [0.717, 1.165) is 12.0 Å². The lowest BCUT2D eigenvalue weighted by Crippen LogP contribution is -2.05. The van der Waals surface area contributed by atoms with Crippen LogP contribution < -0.4 is 4.74 Å². The quantitative estimate of drug-likeness (QED) is 0.704. The van der Waals surface area contributed by atoms with Crippen LogP contribution in [0.2, 0.25) is 10.0 Å². The van der Waals surface area contributed by atoms with Crippen molar-refractivity contribution in [3.63, 3.8) is 0 Å². The predicted molar refractivity (Wildman–Crippen MR) is 93.9 cm³/mol. The second-order valence-corrected chi connectivity index (χ2v) is 6.23. The molecule has 0 spiro atoms. The van der Waals surface area contributed by atoms with Gasteiger partial charge in [-0.05, 0) is 30.7 Å². The highest BCUT2D eigenvalue weighted by atomic mass is 35.5. The first-order valence-electron chi connectivity index (χ1n) is 7.67. The molecule has 2 aromatic rings. The maximum absolute atomic E-state index is 14.0. The average molecular weight is 368 g/mol. The van der Waals surface area contributed by atoms with Crippen LogP contribution in [-0.2, 0) is 4.74 Å². The molecule has 1 unspecified atom stereocenters. The summed E-state index contributed by atoms with van der Waals surface area (Å²) in [6.07, 6.45) is 0.881. The van der Waals surface area contributed by atoms with Crippen LogP contribution in [0.15, 0.2) is 41.4 Å². The van der Waals surface area contributed by atoms with Crippen LogP contribution in [0.4, 0.5) is 4.39 Å². The molecule has 6 heteroatoms.